The standard InChI is InChI=1S/C18H22F2N2O12P2/c1-9-7-22(18(26)21(16(9)25)5-4-10-2-3-11(19)6-12(10)20)17-15(24)14(23)13(33-17)8-32-36(30,31)34-35(27,28)29/h2-3,6-7,13-15,17,23-24H,4-5,8H2,1H3,(H,30,31)(H2,27,28,29)/t13-,14-,15-,17-/m1/s1. The number of ether oxygens (including phenoxy) is 1. The third kappa shape index (κ3) is 6.61. The number of aliphatic hydroxyl groups is 2. The Kier molecular flexibility index (Phi) is 8.47. The number of hydrogen-bond acceptors (Lipinski definition) is 9. The Morgan fingerprint density at radius 2 is 1.78 bits per heavy atom. The smallest absolute Gasteiger partial charge is 0.387 e. The van der Waals surface area contributed by atoms with E-state index in [1.54, 1.807) is 0 Å². The molecule has 1 fully saturated rings. The fourth-order valence-corrected chi connectivity index (χ4v) is 5.12. The molecule has 1 aliphatic heterocycles. The molecule has 1 aliphatic rings. The fourth-order valence-electron chi connectivity index (χ4n) is 3.52. The average molecular weight is 558 g/mol. The van der Waals surface area contributed by atoms with E-state index in [1.165, 1.54) is 6.92 Å². The van der Waals surface area contributed by atoms with Crippen molar-refractivity contribution in [1.82, 2.24) is 9.13 Å². The van der Waals surface area contributed by atoms with Crippen molar-refractivity contribution in [3.05, 3.63) is 68.0 Å². The molecular weight excluding hydrogens is 536 g/mol. The van der Waals surface area contributed by atoms with E-state index in [-0.39, 0.29) is 24.1 Å². The van der Waals surface area contributed by atoms with E-state index in [1.807, 2.05) is 0 Å². The number of aromatic nitrogens is 2. The number of hydrogen-bond donors (Lipinski definition) is 5. The summed E-state index contributed by atoms with van der Waals surface area (Å²) in [5, 5.41) is 20.6. The lowest BCUT2D eigenvalue weighted by Gasteiger charge is -2.20. The molecule has 1 aromatic carbocycles. The van der Waals surface area contributed by atoms with Crippen molar-refractivity contribution in [2.24, 2.45) is 0 Å². The highest BCUT2D eigenvalue weighted by Gasteiger charge is 2.46. The highest BCUT2D eigenvalue weighted by molar-refractivity contribution is 7.60. The highest BCUT2D eigenvalue weighted by atomic mass is 31.3. The van der Waals surface area contributed by atoms with Gasteiger partial charge in [0.15, 0.2) is 6.23 Å². The zero-order valence-electron chi connectivity index (χ0n) is 18.4. The molecule has 5 N–H and O–H groups in total. The fraction of sp³-hybridized carbons (Fsp3) is 0.444. The Balaban J connectivity index is 1.82. The maximum absolute atomic E-state index is 13.9. The minimum absolute atomic E-state index is 0.00840. The van der Waals surface area contributed by atoms with Gasteiger partial charge < -0.3 is 29.6 Å². The van der Waals surface area contributed by atoms with E-state index in [0.717, 1.165) is 27.5 Å². The third-order valence-corrected chi connectivity index (χ3v) is 7.36. The molecule has 36 heavy (non-hydrogen) atoms. The van der Waals surface area contributed by atoms with Crippen molar-refractivity contribution in [3.63, 3.8) is 0 Å². The van der Waals surface area contributed by atoms with Crippen LogP contribution in [0.15, 0.2) is 34.0 Å². The molecule has 1 aromatic heterocycles. The summed E-state index contributed by atoms with van der Waals surface area (Å²) >= 11 is 0. The average Bonchev–Trinajstić information content (AvgIpc) is 3.03. The number of benzene rings is 1. The van der Waals surface area contributed by atoms with Gasteiger partial charge in [0.1, 0.15) is 29.9 Å². The van der Waals surface area contributed by atoms with E-state index in [2.05, 4.69) is 8.83 Å². The van der Waals surface area contributed by atoms with E-state index in [9.17, 15) is 42.6 Å². The molecular formula is C18H22F2N2O12P2. The van der Waals surface area contributed by atoms with Crippen LogP contribution < -0.4 is 11.2 Å². The molecule has 5 atom stereocenters. The van der Waals surface area contributed by atoms with Crippen LogP contribution in [-0.4, -0.2) is 58.9 Å². The van der Waals surface area contributed by atoms with Crippen LogP contribution in [0.4, 0.5) is 8.78 Å². The van der Waals surface area contributed by atoms with E-state index in [0.29, 0.717) is 6.07 Å². The topological polar surface area (TPSA) is 207 Å². The van der Waals surface area contributed by atoms with Gasteiger partial charge in [-0.2, -0.15) is 4.31 Å². The minimum Gasteiger partial charge on any atom is -0.387 e. The maximum Gasteiger partial charge on any atom is 0.481 e. The van der Waals surface area contributed by atoms with Gasteiger partial charge in [0.05, 0.1) is 6.61 Å². The number of phosphoric acid groups is 2. The van der Waals surface area contributed by atoms with Gasteiger partial charge >= 0.3 is 21.3 Å². The quantitative estimate of drug-likeness (QED) is 0.251. The van der Waals surface area contributed by atoms with Gasteiger partial charge in [-0.05, 0) is 25.0 Å². The van der Waals surface area contributed by atoms with Crippen molar-refractivity contribution in [3.8, 4) is 0 Å². The van der Waals surface area contributed by atoms with Gasteiger partial charge in [-0.1, -0.05) is 6.07 Å². The summed E-state index contributed by atoms with van der Waals surface area (Å²) in [5.74, 6) is -1.68. The Labute approximate surface area is 200 Å². The number of rotatable bonds is 9. The third-order valence-electron chi connectivity index (χ3n) is 5.21. The maximum atomic E-state index is 13.9. The summed E-state index contributed by atoms with van der Waals surface area (Å²) in [6.07, 6.45) is -5.91. The number of aryl methyl sites for hydroxylation is 2. The molecule has 14 nitrogen and oxygen atoms in total. The summed E-state index contributed by atoms with van der Waals surface area (Å²) in [6.45, 7) is 0.0278. The first-order valence-corrected chi connectivity index (χ1v) is 13.1. The van der Waals surface area contributed by atoms with Crippen LogP contribution in [0.25, 0.3) is 0 Å². The van der Waals surface area contributed by atoms with Crippen LogP contribution in [0.5, 0.6) is 0 Å². The molecule has 200 valence electrons. The zero-order chi connectivity index (χ0) is 27.0. The number of nitrogens with zero attached hydrogens (tertiary/aromatic N) is 2. The molecule has 1 unspecified atom stereocenters. The highest BCUT2D eigenvalue weighted by Crippen LogP contribution is 2.57. The van der Waals surface area contributed by atoms with Gasteiger partial charge in [-0.3, -0.25) is 18.5 Å². The Morgan fingerprint density at radius 1 is 1.11 bits per heavy atom. The summed E-state index contributed by atoms with van der Waals surface area (Å²) in [4.78, 5) is 52.2. The molecule has 0 spiro atoms. The number of phosphoric ester groups is 1. The molecule has 1 saturated heterocycles. The van der Waals surface area contributed by atoms with Crippen LogP contribution >= 0.6 is 15.6 Å². The molecule has 0 radical (unpaired) electrons. The first kappa shape index (κ1) is 28.5. The van der Waals surface area contributed by atoms with Crippen LogP contribution in [0.3, 0.4) is 0 Å². The molecule has 0 aliphatic carbocycles. The number of aliphatic hydroxyl groups excluding tert-OH is 2. The van der Waals surface area contributed by atoms with Gasteiger partial charge in [0, 0.05) is 24.4 Å². The molecule has 18 heteroatoms. The van der Waals surface area contributed by atoms with Gasteiger partial charge in [0.25, 0.3) is 5.56 Å². The molecule has 2 aromatic rings. The normalized spacial score (nSPS) is 24.1. The monoisotopic (exact) mass is 558 g/mol. The predicted octanol–water partition coefficient (Wildman–Crippen LogP) is -0.315. The molecule has 3 rings (SSSR count). The summed E-state index contributed by atoms with van der Waals surface area (Å²) in [5.41, 5.74) is -1.70. The summed E-state index contributed by atoms with van der Waals surface area (Å²) in [6, 6.07) is 2.82. The Bertz CT molecular complexity index is 1340. The van der Waals surface area contributed by atoms with Crippen LogP contribution in [0.2, 0.25) is 0 Å². The second-order valence-corrected chi connectivity index (χ2v) is 10.7. The zero-order valence-corrected chi connectivity index (χ0v) is 20.2. The Hall–Kier alpha value is -2.10. The van der Waals surface area contributed by atoms with Crippen LogP contribution in [0.1, 0.15) is 17.4 Å². The Morgan fingerprint density at radius 3 is 2.39 bits per heavy atom. The van der Waals surface area contributed by atoms with Crippen LogP contribution in [-0.2, 0) is 35.7 Å². The van der Waals surface area contributed by atoms with Crippen molar-refractivity contribution in [2.45, 2.75) is 44.4 Å². The second kappa shape index (κ2) is 10.7. The minimum atomic E-state index is -5.40. The first-order chi connectivity index (χ1) is 16.6. The number of halogens is 2. The van der Waals surface area contributed by atoms with Crippen molar-refractivity contribution >= 4 is 15.6 Å². The lowest BCUT2D eigenvalue weighted by molar-refractivity contribution is -0.0549. The van der Waals surface area contributed by atoms with Crippen molar-refractivity contribution < 1.29 is 56.4 Å². The SMILES string of the molecule is Cc1cn([C@@H]2O[C@H](COP(=O)(O)OP(=O)(O)O)[C@@H](O)[C@H]2O)c(=O)n(CCc2ccc(F)cc2F)c1=O. The lowest BCUT2D eigenvalue weighted by Crippen LogP contribution is -2.44. The predicted molar refractivity (Wildman–Crippen MR) is 115 cm³/mol. The van der Waals surface area contributed by atoms with Crippen LogP contribution in [0, 0.1) is 18.6 Å². The van der Waals surface area contributed by atoms with E-state index < -0.39 is 69.7 Å². The summed E-state index contributed by atoms with van der Waals surface area (Å²) in [7, 11) is -10.7. The first-order valence-electron chi connectivity index (χ1n) is 10.1. The molecule has 0 bridgehead atoms. The lowest BCUT2D eigenvalue weighted by atomic mass is 10.1. The van der Waals surface area contributed by atoms with Crippen molar-refractivity contribution in [1.29, 1.82) is 0 Å². The molecule has 0 amide bonds. The van der Waals surface area contributed by atoms with Gasteiger partial charge in [-0.15, -0.1) is 0 Å². The van der Waals surface area contributed by atoms with Gasteiger partial charge in [0.2, 0.25) is 0 Å². The molecule has 0 saturated carbocycles. The largest absolute Gasteiger partial charge is 0.481 e. The summed E-state index contributed by atoms with van der Waals surface area (Å²) < 4.78 is 64.3. The molecule has 2 heterocycles. The van der Waals surface area contributed by atoms with Crippen molar-refractivity contribution in [2.75, 3.05) is 6.61 Å². The van der Waals surface area contributed by atoms with E-state index >= 15 is 0 Å². The van der Waals surface area contributed by atoms with Gasteiger partial charge in [-0.25, -0.2) is 22.7 Å². The van der Waals surface area contributed by atoms with E-state index in [4.69, 9.17) is 14.5 Å². The second-order valence-electron chi connectivity index (χ2n) is 7.83.